The molecular weight excluding hydrogens is 366 g/mol. The van der Waals surface area contributed by atoms with Crippen LogP contribution in [0.3, 0.4) is 0 Å². The molecule has 0 bridgehead atoms. The molecule has 2 aliphatic heterocycles. The van der Waals surface area contributed by atoms with Gasteiger partial charge < -0.3 is 15.1 Å². The Morgan fingerprint density at radius 3 is 2.62 bits per heavy atom. The average Bonchev–Trinajstić information content (AvgIpc) is 3.22. The number of nitrogens with zero attached hydrogens (tertiary/aromatic N) is 2. The molecule has 4 rings (SSSR count). The lowest BCUT2D eigenvalue weighted by molar-refractivity contribution is -0.122. The monoisotopic (exact) mass is 391 g/mol. The molecule has 0 aliphatic carbocycles. The Hall–Kier alpha value is -3.15. The third-order valence-corrected chi connectivity index (χ3v) is 5.58. The molecule has 1 atom stereocenters. The molecule has 0 saturated carbocycles. The minimum absolute atomic E-state index is 0.0365. The zero-order valence-electron chi connectivity index (χ0n) is 16.6. The van der Waals surface area contributed by atoms with E-state index in [0.29, 0.717) is 42.9 Å². The van der Waals surface area contributed by atoms with Crippen molar-refractivity contribution >= 4 is 23.4 Å². The molecule has 1 saturated heterocycles. The summed E-state index contributed by atoms with van der Waals surface area (Å²) in [7, 11) is 0. The lowest BCUT2D eigenvalue weighted by Crippen LogP contribution is -2.44. The number of hydrogen-bond acceptors (Lipinski definition) is 3. The van der Waals surface area contributed by atoms with Gasteiger partial charge in [-0.1, -0.05) is 31.2 Å². The number of carbonyl (C=O) groups is 3. The van der Waals surface area contributed by atoms with E-state index in [-0.39, 0.29) is 17.7 Å². The van der Waals surface area contributed by atoms with Crippen LogP contribution in [0.15, 0.2) is 48.5 Å². The lowest BCUT2D eigenvalue weighted by Gasteiger charge is -2.26. The molecule has 0 radical (unpaired) electrons. The molecule has 150 valence electrons. The maximum absolute atomic E-state index is 13.3. The molecular formula is C23H25N3O3. The van der Waals surface area contributed by atoms with Gasteiger partial charge in [-0.05, 0) is 49.1 Å². The number of hydrogen-bond donors (Lipinski definition) is 1. The molecule has 0 unspecified atom stereocenters. The maximum Gasteiger partial charge on any atom is 0.256 e. The number of para-hydroxylation sites is 1. The summed E-state index contributed by atoms with van der Waals surface area (Å²) >= 11 is 0. The van der Waals surface area contributed by atoms with Crippen molar-refractivity contribution in [2.45, 2.75) is 38.8 Å². The van der Waals surface area contributed by atoms with Gasteiger partial charge in [-0.15, -0.1) is 0 Å². The second kappa shape index (κ2) is 8.07. The fourth-order valence-electron chi connectivity index (χ4n) is 4.06. The van der Waals surface area contributed by atoms with E-state index >= 15 is 0 Å². The normalized spacial score (nSPS) is 18.3. The molecule has 0 aromatic heterocycles. The second-order valence-electron chi connectivity index (χ2n) is 7.55. The summed E-state index contributed by atoms with van der Waals surface area (Å²) in [5, 5.41) is 2.86. The van der Waals surface area contributed by atoms with E-state index in [4.69, 9.17) is 0 Å². The van der Waals surface area contributed by atoms with Gasteiger partial charge in [0.05, 0.1) is 17.8 Å². The van der Waals surface area contributed by atoms with Crippen LogP contribution in [0.5, 0.6) is 0 Å². The first-order chi connectivity index (χ1) is 14.1. The number of benzene rings is 2. The van der Waals surface area contributed by atoms with Gasteiger partial charge >= 0.3 is 0 Å². The third kappa shape index (κ3) is 3.62. The Balaban J connectivity index is 1.62. The van der Waals surface area contributed by atoms with Gasteiger partial charge in [-0.3, -0.25) is 14.4 Å². The van der Waals surface area contributed by atoms with Crippen LogP contribution in [0.2, 0.25) is 0 Å². The smallest absolute Gasteiger partial charge is 0.256 e. The Morgan fingerprint density at radius 1 is 1.10 bits per heavy atom. The summed E-state index contributed by atoms with van der Waals surface area (Å²) in [6, 6.07) is 14.2. The van der Waals surface area contributed by atoms with E-state index in [9.17, 15) is 14.4 Å². The van der Waals surface area contributed by atoms with Crippen LogP contribution < -0.4 is 10.2 Å². The van der Waals surface area contributed by atoms with Gasteiger partial charge in [-0.2, -0.15) is 0 Å². The van der Waals surface area contributed by atoms with Crippen LogP contribution in [0.4, 0.5) is 5.69 Å². The molecule has 2 aliphatic rings. The van der Waals surface area contributed by atoms with Crippen molar-refractivity contribution < 1.29 is 14.4 Å². The van der Waals surface area contributed by atoms with Crippen molar-refractivity contribution in [3.05, 3.63) is 65.2 Å². The Bertz CT molecular complexity index is 939. The minimum Gasteiger partial charge on any atom is -0.352 e. The van der Waals surface area contributed by atoms with Crippen molar-refractivity contribution in [1.29, 1.82) is 0 Å². The molecule has 1 N–H and O–H groups in total. The second-order valence-corrected chi connectivity index (χ2v) is 7.55. The van der Waals surface area contributed by atoms with Crippen molar-refractivity contribution in [1.82, 2.24) is 10.2 Å². The molecule has 0 spiro atoms. The van der Waals surface area contributed by atoms with Crippen LogP contribution in [0, 0.1) is 0 Å². The first-order valence-corrected chi connectivity index (χ1v) is 10.2. The quantitative estimate of drug-likeness (QED) is 0.852. The number of fused-ring (bicyclic) bond motifs is 2. The number of rotatable bonds is 5. The van der Waals surface area contributed by atoms with Crippen molar-refractivity contribution in [3.8, 4) is 0 Å². The zero-order chi connectivity index (χ0) is 20.4. The van der Waals surface area contributed by atoms with E-state index in [1.165, 1.54) is 0 Å². The summed E-state index contributed by atoms with van der Waals surface area (Å²) in [4.78, 5) is 41.8. The molecule has 2 aromatic carbocycles. The molecule has 6 nitrogen and oxygen atoms in total. The Labute approximate surface area is 170 Å². The summed E-state index contributed by atoms with van der Waals surface area (Å²) in [6.07, 6.45) is 2.43. The highest BCUT2D eigenvalue weighted by Gasteiger charge is 2.41. The topological polar surface area (TPSA) is 69.7 Å². The largest absolute Gasteiger partial charge is 0.352 e. The highest BCUT2D eigenvalue weighted by atomic mass is 16.2. The van der Waals surface area contributed by atoms with Crippen LogP contribution in [-0.4, -0.2) is 41.8 Å². The SMILES string of the molecule is CCCNC(=O)c1ccc(CN2C(=O)[C@@H]3CCCN3C(=O)c3ccccc32)cc1. The van der Waals surface area contributed by atoms with Crippen molar-refractivity contribution in [3.63, 3.8) is 0 Å². The molecule has 2 aromatic rings. The fourth-order valence-corrected chi connectivity index (χ4v) is 4.06. The van der Waals surface area contributed by atoms with Gasteiger partial charge in [0.1, 0.15) is 6.04 Å². The van der Waals surface area contributed by atoms with Gasteiger partial charge in [0.2, 0.25) is 5.91 Å². The first-order valence-electron chi connectivity index (χ1n) is 10.2. The highest BCUT2D eigenvalue weighted by molar-refractivity contribution is 6.11. The minimum atomic E-state index is -0.394. The zero-order valence-corrected chi connectivity index (χ0v) is 16.6. The first kappa shape index (κ1) is 19.2. The number of anilines is 1. The summed E-state index contributed by atoms with van der Waals surface area (Å²) in [6.45, 7) is 3.64. The molecule has 6 heteroatoms. The Kier molecular flexibility index (Phi) is 5.34. The molecule has 29 heavy (non-hydrogen) atoms. The van der Waals surface area contributed by atoms with Crippen LogP contribution >= 0.6 is 0 Å². The predicted octanol–water partition coefficient (Wildman–Crippen LogP) is 2.98. The van der Waals surface area contributed by atoms with Crippen LogP contribution in [0.1, 0.15) is 52.5 Å². The summed E-state index contributed by atoms with van der Waals surface area (Å²) in [5.41, 5.74) is 2.74. The fraction of sp³-hybridized carbons (Fsp3) is 0.348. The van der Waals surface area contributed by atoms with E-state index in [2.05, 4.69) is 5.32 Å². The van der Waals surface area contributed by atoms with Crippen LogP contribution in [-0.2, 0) is 11.3 Å². The van der Waals surface area contributed by atoms with E-state index in [1.807, 2.05) is 37.3 Å². The van der Waals surface area contributed by atoms with E-state index in [1.54, 1.807) is 28.0 Å². The lowest BCUT2D eigenvalue weighted by atomic mass is 10.1. The third-order valence-electron chi connectivity index (χ3n) is 5.58. The van der Waals surface area contributed by atoms with Crippen LogP contribution in [0.25, 0.3) is 0 Å². The average molecular weight is 391 g/mol. The summed E-state index contributed by atoms with van der Waals surface area (Å²) in [5.74, 6) is -0.200. The Morgan fingerprint density at radius 2 is 1.86 bits per heavy atom. The number of nitrogens with one attached hydrogen (secondary N) is 1. The van der Waals surface area contributed by atoms with Gasteiger partial charge in [0.15, 0.2) is 0 Å². The van der Waals surface area contributed by atoms with Gasteiger partial charge in [-0.25, -0.2) is 0 Å². The number of amides is 3. The van der Waals surface area contributed by atoms with E-state index < -0.39 is 6.04 Å². The van der Waals surface area contributed by atoms with Gasteiger partial charge in [0.25, 0.3) is 11.8 Å². The highest BCUT2D eigenvalue weighted by Crippen LogP contribution is 2.33. The van der Waals surface area contributed by atoms with E-state index in [0.717, 1.165) is 18.4 Å². The maximum atomic E-state index is 13.3. The predicted molar refractivity (Wildman–Crippen MR) is 111 cm³/mol. The molecule has 1 fully saturated rings. The van der Waals surface area contributed by atoms with Crippen molar-refractivity contribution in [2.24, 2.45) is 0 Å². The molecule has 3 amide bonds. The molecule has 2 heterocycles. The summed E-state index contributed by atoms with van der Waals surface area (Å²) < 4.78 is 0. The van der Waals surface area contributed by atoms with Gasteiger partial charge in [0, 0.05) is 18.7 Å². The standard InChI is InChI=1S/C23H25N3O3/c1-2-13-24-21(27)17-11-9-16(10-12-17)15-26-19-7-4-3-6-18(19)22(28)25-14-5-8-20(25)23(26)29/h3-4,6-7,9-12,20H,2,5,8,13-15H2,1H3,(H,24,27)/t20-/m0/s1. The van der Waals surface area contributed by atoms with Crippen molar-refractivity contribution in [2.75, 3.05) is 18.0 Å². The number of carbonyl (C=O) groups excluding carboxylic acids is 3.